The van der Waals surface area contributed by atoms with E-state index in [-0.39, 0.29) is 6.17 Å². The highest BCUT2D eigenvalue weighted by Crippen LogP contribution is 2.10. The topological polar surface area (TPSA) is 73.6 Å². The lowest BCUT2D eigenvalue weighted by Crippen LogP contribution is -2.43. The quantitative estimate of drug-likeness (QED) is 0.567. The van der Waals surface area contributed by atoms with Gasteiger partial charge in [-0.15, -0.1) is 0 Å². The summed E-state index contributed by atoms with van der Waals surface area (Å²) in [6.45, 7) is 0.627. The second-order valence-electron chi connectivity index (χ2n) is 2.98. The molecule has 0 spiro atoms. The predicted octanol–water partition coefficient (Wildman–Crippen LogP) is -0.354. The lowest BCUT2D eigenvalue weighted by Gasteiger charge is -2.24. The van der Waals surface area contributed by atoms with Crippen LogP contribution < -0.4 is 11.5 Å². The molecule has 0 aromatic heterocycles. The summed E-state index contributed by atoms with van der Waals surface area (Å²) in [5.41, 5.74) is 11.0. The molecule has 1 heterocycles. The van der Waals surface area contributed by atoms with Crippen LogP contribution in [-0.2, 0) is 4.74 Å². The SMILES string of the molecule is COCCC1(N)C=CC(N)N=C1. The van der Waals surface area contributed by atoms with E-state index >= 15 is 0 Å². The van der Waals surface area contributed by atoms with E-state index in [1.807, 2.05) is 6.08 Å². The molecule has 0 bridgehead atoms. The number of aliphatic imine (C=N–C) groups is 1. The van der Waals surface area contributed by atoms with Crippen molar-refractivity contribution in [1.29, 1.82) is 0 Å². The number of ether oxygens (including phenoxy) is 1. The molecule has 0 saturated carbocycles. The van der Waals surface area contributed by atoms with Crippen molar-refractivity contribution in [2.24, 2.45) is 16.5 Å². The van der Waals surface area contributed by atoms with E-state index in [9.17, 15) is 0 Å². The predicted molar refractivity (Wildman–Crippen MR) is 49.0 cm³/mol. The minimum absolute atomic E-state index is 0.232. The van der Waals surface area contributed by atoms with Gasteiger partial charge in [-0.25, -0.2) is 0 Å². The third kappa shape index (κ3) is 2.41. The van der Waals surface area contributed by atoms with E-state index in [4.69, 9.17) is 16.2 Å². The van der Waals surface area contributed by atoms with Gasteiger partial charge in [0.2, 0.25) is 0 Å². The molecule has 0 aromatic carbocycles. The zero-order chi connectivity index (χ0) is 9.03. The van der Waals surface area contributed by atoms with Crippen molar-refractivity contribution in [2.45, 2.75) is 18.1 Å². The van der Waals surface area contributed by atoms with Crippen LogP contribution in [-0.4, -0.2) is 31.6 Å². The third-order valence-corrected chi connectivity index (χ3v) is 1.83. The van der Waals surface area contributed by atoms with Crippen molar-refractivity contribution in [3.05, 3.63) is 12.2 Å². The highest BCUT2D eigenvalue weighted by molar-refractivity contribution is 5.74. The number of hydrogen-bond acceptors (Lipinski definition) is 4. The zero-order valence-electron chi connectivity index (χ0n) is 7.23. The Labute approximate surface area is 72.3 Å². The van der Waals surface area contributed by atoms with Gasteiger partial charge in [-0.05, 0) is 12.5 Å². The van der Waals surface area contributed by atoms with E-state index in [0.717, 1.165) is 6.42 Å². The van der Waals surface area contributed by atoms with Crippen molar-refractivity contribution in [3.63, 3.8) is 0 Å². The molecule has 0 radical (unpaired) electrons. The molecular formula is C8H15N3O. The molecule has 2 atom stereocenters. The molecule has 1 aliphatic heterocycles. The van der Waals surface area contributed by atoms with Gasteiger partial charge in [-0.3, -0.25) is 4.99 Å². The fourth-order valence-electron chi connectivity index (χ4n) is 1.02. The smallest absolute Gasteiger partial charge is 0.115 e. The number of hydrogen-bond donors (Lipinski definition) is 2. The van der Waals surface area contributed by atoms with Gasteiger partial charge in [0.05, 0.1) is 5.54 Å². The van der Waals surface area contributed by atoms with E-state index in [0.29, 0.717) is 6.61 Å². The highest BCUT2D eigenvalue weighted by atomic mass is 16.5. The first kappa shape index (κ1) is 9.38. The van der Waals surface area contributed by atoms with E-state index < -0.39 is 5.54 Å². The maximum atomic E-state index is 5.94. The molecule has 0 fully saturated rings. The average molecular weight is 169 g/mol. The van der Waals surface area contributed by atoms with Gasteiger partial charge in [0.1, 0.15) is 6.17 Å². The van der Waals surface area contributed by atoms with Crippen LogP contribution in [0, 0.1) is 0 Å². The van der Waals surface area contributed by atoms with E-state index in [1.165, 1.54) is 0 Å². The Morgan fingerprint density at radius 2 is 2.42 bits per heavy atom. The van der Waals surface area contributed by atoms with E-state index in [1.54, 1.807) is 19.4 Å². The van der Waals surface area contributed by atoms with Gasteiger partial charge in [0.25, 0.3) is 0 Å². The third-order valence-electron chi connectivity index (χ3n) is 1.83. The zero-order valence-corrected chi connectivity index (χ0v) is 7.23. The first-order valence-electron chi connectivity index (χ1n) is 3.93. The summed E-state index contributed by atoms with van der Waals surface area (Å²) >= 11 is 0. The lowest BCUT2D eigenvalue weighted by atomic mass is 9.96. The second-order valence-corrected chi connectivity index (χ2v) is 2.98. The number of dihydropyridines is 1. The van der Waals surface area contributed by atoms with Gasteiger partial charge < -0.3 is 16.2 Å². The van der Waals surface area contributed by atoms with Crippen LogP contribution in [0.2, 0.25) is 0 Å². The standard InChI is InChI=1S/C8H15N3O/c1-12-5-4-8(10)3-2-7(9)11-6-8/h2-3,6-7H,4-5,9-10H2,1H3. The van der Waals surface area contributed by atoms with Crippen LogP contribution in [0.1, 0.15) is 6.42 Å². The maximum Gasteiger partial charge on any atom is 0.115 e. The summed E-state index contributed by atoms with van der Waals surface area (Å²) in [7, 11) is 1.65. The Morgan fingerprint density at radius 3 is 2.92 bits per heavy atom. The van der Waals surface area contributed by atoms with Gasteiger partial charge in [-0.1, -0.05) is 6.08 Å². The average Bonchev–Trinajstić information content (AvgIpc) is 2.08. The van der Waals surface area contributed by atoms with Crippen molar-refractivity contribution in [1.82, 2.24) is 0 Å². The van der Waals surface area contributed by atoms with E-state index in [2.05, 4.69) is 4.99 Å². The number of nitrogens with zero attached hydrogens (tertiary/aromatic N) is 1. The molecule has 0 amide bonds. The normalized spacial score (nSPS) is 34.1. The number of rotatable bonds is 3. The van der Waals surface area contributed by atoms with Crippen LogP contribution in [0.4, 0.5) is 0 Å². The summed E-state index contributed by atoms with van der Waals surface area (Å²) in [4.78, 5) is 4.02. The van der Waals surface area contributed by atoms with Crippen LogP contribution in [0.25, 0.3) is 0 Å². The van der Waals surface area contributed by atoms with Crippen LogP contribution in [0.5, 0.6) is 0 Å². The van der Waals surface area contributed by atoms with Crippen molar-refractivity contribution in [3.8, 4) is 0 Å². The first-order chi connectivity index (χ1) is 5.66. The molecule has 12 heavy (non-hydrogen) atoms. The molecular weight excluding hydrogens is 154 g/mol. The molecule has 2 unspecified atom stereocenters. The molecule has 0 saturated heterocycles. The van der Waals surface area contributed by atoms with Crippen molar-refractivity contribution >= 4 is 6.21 Å². The molecule has 0 aliphatic carbocycles. The Hall–Kier alpha value is -0.710. The highest BCUT2D eigenvalue weighted by Gasteiger charge is 2.21. The monoisotopic (exact) mass is 169 g/mol. The Morgan fingerprint density at radius 1 is 1.67 bits per heavy atom. The fourth-order valence-corrected chi connectivity index (χ4v) is 1.02. The van der Waals surface area contributed by atoms with Crippen molar-refractivity contribution in [2.75, 3.05) is 13.7 Å². The summed E-state index contributed by atoms with van der Waals surface area (Å²) in [5.74, 6) is 0. The summed E-state index contributed by atoms with van der Waals surface area (Å²) < 4.78 is 4.93. The van der Waals surface area contributed by atoms with Crippen LogP contribution in [0.3, 0.4) is 0 Å². The minimum Gasteiger partial charge on any atom is -0.385 e. The molecule has 68 valence electrons. The van der Waals surface area contributed by atoms with Gasteiger partial charge in [-0.2, -0.15) is 0 Å². The molecule has 0 aromatic rings. The minimum atomic E-state index is -0.466. The van der Waals surface area contributed by atoms with Crippen LogP contribution >= 0.6 is 0 Å². The van der Waals surface area contributed by atoms with Gasteiger partial charge >= 0.3 is 0 Å². The number of nitrogens with two attached hydrogens (primary N) is 2. The molecule has 4 heteroatoms. The summed E-state index contributed by atoms with van der Waals surface area (Å²) in [6.07, 6.45) is 5.87. The van der Waals surface area contributed by atoms with Crippen LogP contribution in [0.15, 0.2) is 17.1 Å². The van der Waals surface area contributed by atoms with Gasteiger partial charge in [0, 0.05) is 19.9 Å². The Balaban J connectivity index is 2.50. The molecule has 1 rings (SSSR count). The Bertz CT molecular complexity index is 186. The maximum absolute atomic E-state index is 5.94. The Kier molecular flexibility index (Phi) is 2.97. The molecule has 4 nitrogen and oxygen atoms in total. The molecule has 4 N–H and O–H groups in total. The summed E-state index contributed by atoms with van der Waals surface area (Å²) in [6, 6.07) is 0. The first-order valence-corrected chi connectivity index (χ1v) is 3.93. The van der Waals surface area contributed by atoms with Crippen molar-refractivity contribution < 1.29 is 4.74 Å². The lowest BCUT2D eigenvalue weighted by molar-refractivity contribution is 0.187. The largest absolute Gasteiger partial charge is 0.385 e. The van der Waals surface area contributed by atoms with Gasteiger partial charge in [0.15, 0.2) is 0 Å². The molecule has 1 aliphatic rings. The summed E-state index contributed by atoms with van der Waals surface area (Å²) in [5, 5.41) is 0. The second kappa shape index (κ2) is 3.80. The number of methoxy groups -OCH3 is 1. The fraction of sp³-hybridized carbons (Fsp3) is 0.625.